The summed E-state index contributed by atoms with van der Waals surface area (Å²) in [5, 5.41) is 5.01. The highest BCUT2D eigenvalue weighted by Crippen LogP contribution is 2.23. The molecule has 0 atom stereocenters. The smallest absolute Gasteiger partial charge is 0.0642 e. The number of ether oxygens (including phenoxy) is 1. The molecule has 2 heterocycles. The average Bonchev–Trinajstić information content (AvgIpc) is 3.11. The second-order valence-corrected chi connectivity index (χ2v) is 6.97. The third-order valence-electron chi connectivity index (χ3n) is 5.23. The first kappa shape index (κ1) is 17.1. The third-order valence-corrected chi connectivity index (χ3v) is 5.23. The van der Waals surface area contributed by atoms with Gasteiger partial charge >= 0.3 is 0 Å². The molecule has 0 saturated carbocycles. The number of aromatic nitrogens is 1. The van der Waals surface area contributed by atoms with E-state index < -0.39 is 0 Å². The number of hydrogen-bond acceptors (Lipinski definition) is 3. The molecule has 1 saturated heterocycles. The Bertz CT molecular complexity index is 865. The Morgan fingerprint density at radius 1 is 1.04 bits per heavy atom. The summed E-state index contributed by atoms with van der Waals surface area (Å²) in [6.07, 6.45) is 3.19. The minimum absolute atomic E-state index is 0.821. The number of aryl methyl sites for hydroxylation is 1. The van der Waals surface area contributed by atoms with Crippen LogP contribution in [0.5, 0.6) is 0 Å². The predicted molar refractivity (Wildman–Crippen MR) is 108 cm³/mol. The summed E-state index contributed by atoms with van der Waals surface area (Å²) >= 11 is 0. The zero-order valence-electron chi connectivity index (χ0n) is 15.4. The lowest BCUT2D eigenvalue weighted by Crippen LogP contribution is -2.37. The van der Waals surface area contributed by atoms with E-state index in [9.17, 15) is 0 Å². The fourth-order valence-corrected chi connectivity index (χ4v) is 3.87. The van der Waals surface area contributed by atoms with Crippen LogP contribution in [0.25, 0.3) is 10.9 Å². The molecular formula is C22H27N3O. The number of nitrogens with zero attached hydrogens (tertiary/aromatic N) is 1. The fourth-order valence-electron chi connectivity index (χ4n) is 3.87. The van der Waals surface area contributed by atoms with Crippen LogP contribution in [0.4, 0.5) is 5.69 Å². The van der Waals surface area contributed by atoms with Gasteiger partial charge in [0.15, 0.2) is 0 Å². The summed E-state index contributed by atoms with van der Waals surface area (Å²) < 4.78 is 5.49. The van der Waals surface area contributed by atoms with E-state index in [-0.39, 0.29) is 0 Å². The van der Waals surface area contributed by atoms with E-state index in [1.165, 1.54) is 33.3 Å². The Morgan fingerprint density at radius 2 is 1.88 bits per heavy atom. The van der Waals surface area contributed by atoms with Crippen molar-refractivity contribution >= 4 is 16.6 Å². The molecule has 1 fully saturated rings. The van der Waals surface area contributed by atoms with Crippen molar-refractivity contribution in [2.24, 2.45) is 0 Å². The number of H-pyrrole nitrogens is 1. The van der Waals surface area contributed by atoms with Crippen LogP contribution in [0.15, 0.2) is 48.7 Å². The highest BCUT2D eigenvalue weighted by molar-refractivity contribution is 5.86. The van der Waals surface area contributed by atoms with Gasteiger partial charge in [0.2, 0.25) is 0 Å². The topological polar surface area (TPSA) is 40.3 Å². The van der Waals surface area contributed by atoms with Crippen molar-refractivity contribution in [2.75, 3.05) is 37.7 Å². The number of nitrogens with one attached hydrogen (secondary N) is 2. The lowest BCUT2D eigenvalue weighted by atomic mass is 10.1. The number of hydrogen-bond donors (Lipinski definition) is 2. The molecule has 4 heteroatoms. The van der Waals surface area contributed by atoms with Crippen molar-refractivity contribution in [3.8, 4) is 0 Å². The van der Waals surface area contributed by atoms with Gasteiger partial charge in [0.05, 0.1) is 13.2 Å². The number of morpholine rings is 1. The van der Waals surface area contributed by atoms with Gasteiger partial charge in [-0.15, -0.1) is 0 Å². The first-order valence-corrected chi connectivity index (χ1v) is 9.50. The molecule has 2 aromatic carbocycles. The summed E-state index contributed by atoms with van der Waals surface area (Å²) in [6, 6.07) is 15.2. The first-order chi connectivity index (χ1) is 12.8. The van der Waals surface area contributed by atoms with E-state index in [0.717, 1.165) is 45.8 Å². The lowest BCUT2D eigenvalue weighted by Gasteiger charge is -2.30. The number of aromatic amines is 1. The van der Waals surface area contributed by atoms with Crippen LogP contribution < -0.4 is 10.2 Å². The third kappa shape index (κ3) is 3.62. The molecule has 0 bridgehead atoms. The molecule has 1 aromatic heterocycles. The van der Waals surface area contributed by atoms with Crippen molar-refractivity contribution in [2.45, 2.75) is 19.9 Å². The van der Waals surface area contributed by atoms with Gasteiger partial charge in [-0.1, -0.05) is 30.3 Å². The fraction of sp³-hybridized carbons (Fsp3) is 0.364. The Labute approximate surface area is 155 Å². The van der Waals surface area contributed by atoms with Crippen molar-refractivity contribution in [3.63, 3.8) is 0 Å². The van der Waals surface area contributed by atoms with Crippen LogP contribution in [-0.4, -0.2) is 37.8 Å². The van der Waals surface area contributed by atoms with Gasteiger partial charge in [-0.25, -0.2) is 0 Å². The molecule has 2 N–H and O–H groups in total. The molecule has 0 unspecified atom stereocenters. The molecular weight excluding hydrogens is 322 g/mol. The zero-order valence-corrected chi connectivity index (χ0v) is 15.4. The summed E-state index contributed by atoms with van der Waals surface area (Å²) in [6.45, 7) is 7.65. The number of para-hydroxylation sites is 1. The van der Waals surface area contributed by atoms with Crippen LogP contribution >= 0.6 is 0 Å². The molecule has 4 nitrogen and oxygen atoms in total. The van der Waals surface area contributed by atoms with Crippen LogP contribution in [0, 0.1) is 6.92 Å². The standard InChI is InChI=1S/C22H27N3O/c1-17-5-4-7-20-22(17)19(16-24-20)9-10-23-15-18-6-2-3-8-21(18)25-11-13-26-14-12-25/h2-8,16,23-24H,9-15H2,1H3. The van der Waals surface area contributed by atoms with Gasteiger partial charge in [0, 0.05) is 42.4 Å². The van der Waals surface area contributed by atoms with Crippen LogP contribution in [-0.2, 0) is 17.7 Å². The summed E-state index contributed by atoms with van der Waals surface area (Å²) in [5.74, 6) is 0. The summed E-state index contributed by atoms with van der Waals surface area (Å²) in [5.41, 5.74) is 6.68. The maximum absolute atomic E-state index is 5.49. The largest absolute Gasteiger partial charge is 0.378 e. The summed E-state index contributed by atoms with van der Waals surface area (Å²) in [4.78, 5) is 5.83. The average molecular weight is 349 g/mol. The van der Waals surface area contributed by atoms with Gasteiger partial charge in [-0.3, -0.25) is 0 Å². The summed E-state index contributed by atoms with van der Waals surface area (Å²) in [7, 11) is 0. The molecule has 26 heavy (non-hydrogen) atoms. The molecule has 3 aromatic rings. The Morgan fingerprint density at radius 3 is 2.77 bits per heavy atom. The van der Waals surface area contributed by atoms with Gasteiger partial charge in [-0.2, -0.15) is 0 Å². The second-order valence-electron chi connectivity index (χ2n) is 6.97. The quantitative estimate of drug-likeness (QED) is 0.668. The van der Waals surface area contributed by atoms with Crippen LogP contribution in [0.1, 0.15) is 16.7 Å². The highest BCUT2D eigenvalue weighted by atomic mass is 16.5. The molecule has 0 amide bonds. The van der Waals surface area contributed by atoms with Gasteiger partial charge in [0.1, 0.15) is 0 Å². The molecule has 1 aliphatic heterocycles. The lowest BCUT2D eigenvalue weighted by molar-refractivity contribution is 0.122. The van der Waals surface area contributed by atoms with E-state index in [4.69, 9.17) is 4.74 Å². The van der Waals surface area contributed by atoms with E-state index in [1.54, 1.807) is 0 Å². The molecule has 0 spiro atoms. The minimum Gasteiger partial charge on any atom is -0.378 e. The molecule has 136 valence electrons. The Kier molecular flexibility index (Phi) is 5.23. The van der Waals surface area contributed by atoms with Crippen molar-refractivity contribution in [1.29, 1.82) is 0 Å². The van der Waals surface area contributed by atoms with E-state index >= 15 is 0 Å². The highest BCUT2D eigenvalue weighted by Gasteiger charge is 2.14. The minimum atomic E-state index is 0.821. The maximum Gasteiger partial charge on any atom is 0.0642 e. The van der Waals surface area contributed by atoms with E-state index in [2.05, 4.69) is 70.8 Å². The number of rotatable bonds is 6. The SMILES string of the molecule is Cc1cccc2[nH]cc(CCNCc3ccccc3N3CCOCC3)c12. The number of anilines is 1. The number of benzene rings is 2. The van der Waals surface area contributed by atoms with Gasteiger partial charge < -0.3 is 19.9 Å². The van der Waals surface area contributed by atoms with Crippen LogP contribution in [0.3, 0.4) is 0 Å². The first-order valence-electron chi connectivity index (χ1n) is 9.50. The normalized spacial score (nSPS) is 14.9. The Hall–Kier alpha value is -2.30. The molecule has 1 aliphatic rings. The van der Waals surface area contributed by atoms with Gasteiger partial charge in [0.25, 0.3) is 0 Å². The molecule has 4 rings (SSSR count). The monoisotopic (exact) mass is 349 g/mol. The maximum atomic E-state index is 5.49. The number of fused-ring (bicyclic) bond motifs is 1. The zero-order chi connectivity index (χ0) is 17.8. The Balaban J connectivity index is 1.38. The van der Waals surface area contributed by atoms with Crippen molar-refractivity contribution in [3.05, 3.63) is 65.4 Å². The molecule has 0 radical (unpaired) electrons. The van der Waals surface area contributed by atoms with E-state index in [0.29, 0.717) is 0 Å². The van der Waals surface area contributed by atoms with E-state index in [1.807, 2.05) is 0 Å². The second kappa shape index (κ2) is 7.94. The predicted octanol–water partition coefficient (Wildman–Crippen LogP) is 3.65. The van der Waals surface area contributed by atoms with Crippen LogP contribution in [0.2, 0.25) is 0 Å². The van der Waals surface area contributed by atoms with Crippen molar-refractivity contribution in [1.82, 2.24) is 10.3 Å². The van der Waals surface area contributed by atoms with Gasteiger partial charge in [-0.05, 0) is 48.7 Å². The van der Waals surface area contributed by atoms with Crippen molar-refractivity contribution < 1.29 is 4.74 Å². The molecule has 0 aliphatic carbocycles.